The summed E-state index contributed by atoms with van der Waals surface area (Å²) in [5.74, 6) is -1.99. The number of hydrogen-bond acceptors (Lipinski definition) is 5. The largest absolute Gasteiger partial charge is 0.482 e. The highest BCUT2D eigenvalue weighted by Gasteiger charge is 2.48. The maximum absolute atomic E-state index is 15.6. The minimum Gasteiger partial charge on any atom is -0.482 e. The van der Waals surface area contributed by atoms with Crippen LogP contribution < -0.4 is 9.47 Å². The number of halogens is 2. The Hall–Kier alpha value is -3.52. The van der Waals surface area contributed by atoms with Gasteiger partial charge in [0, 0.05) is 23.7 Å². The van der Waals surface area contributed by atoms with E-state index in [1.54, 1.807) is 19.1 Å². The smallest absolute Gasteiger partial charge is 0.306 e. The van der Waals surface area contributed by atoms with Gasteiger partial charge in [0.15, 0.2) is 11.6 Å². The second kappa shape index (κ2) is 11.0. The molecular formula is C33H36F2N2O4. The second-order valence-electron chi connectivity index (χ2n) is 11.8. The molecule has 0 radical (unpaired) electrons. The van der Waals surface area contributed by atoms with Crippen LogP contribution in [0.2, 0.25) is 0 Å². The Kier molecular flexibility index (Phi) is 7.45. The predicted molar refractivity (Wildman–Crippen MR) is 151 cm³/mol. The number of pyridine rings is 1. The molecule has 3 heterocycles. The fraction of sp³-hybridized carbons (Fsp3) is 0.455. The third-order valence-corrected chi connectivity index (χ3v) is 9.15. The van der Waals surface area contributed by atoms with Crippen molar-refractivity contribution in [2.45, 2.75) is 76.5 Å². The molecule has 0 amide bonds. The second-order valence-corrected chi connectivity index (χ2v) is 11.8. The number of carboxylic acid groups (broad SMARTS) is 1. The zero-order valence-corrected chi connectivity index (χ0v) is 23.6. The van der Waals surface area contributed by atoms with Crippen molar-refractivity contribution in [3.63, 3.8) is 0 Å². The Morgan fingerprint density at radius 1 is 1.15 bits per heavy atom. The van der Waals surface area contributed by atoms with E-state index in [1.807, 2.05) is 18.2 Å². The van der Waals surface area contributed by atoms with Gasteiger partial charge in [-0.1, -0.05) is 43.7 Å². The molecule has 2 fully saturated rings. The van der Waals surface area contributed by atoms with Gasteiger partial charge in [-0.05, 0) is 79.3 Å². The molecule has 1 aliphatic carbocycles. The van der Waals surface area contributed by atoms with Crippen LogP contribution in [-0.4, -0.2) is 40.2 Å². The number of nitrogens with zero attached hydrogens (tertiary/aromatic N) is 2. The van der Waals surface area contributed by atoms with Crippen molar-refractivity contribution in [3.8, 4) is 22.8 Å². The van der Waals surface area contributed by atoms with E-state index in [9.17, 15) is 9.90 Å². The van der Waals surface area contributed by atoms with Gasteiger partial charge in [-0.25, -0.2) is 13.8 Å². The average Bonchev–Trinajstić information content (AvgIpc) is 3.75. The summed E-state index contributed by atoms with van der Waals surface area (Å²) in [6.07, 6.45) is 8.24. The third-order valence-electron chi connectivity index (χ3n) is 9.15. The summed E-state index contributed by atoms with van der Waals surface area (Å²) in [5, 5.41) is 9.30. The summed E-state index contributed by atoms with van der Waals surface area (Å²) in [6, 6.07) is 11.1. The number of aromatic nitrogens is 1. The van der Waals surface area contributed by atoms with Crippen molar-refractivity contribution < 1.29 is 28.2 Å². The number of piperidine rings is 1. The Morgan fingerprint density at radius 2 is 1.98 bits per heavy atom. The number of rotatable bonds is 8. The molecule has 0 bridgehead atoms. The molecule has 6 nitrogen and oxygen atoms in total. The number of benzene rings is 2. The zero-order valence-electron chi connectivity index (χ0n) is 23.6. The first kappa shape index (κ1) is 27.6. The van der Waals surface area contributed by atoms with Gasteiger partial charge < -0.3 is 14.6 Å². The molecule has 1 saturated heterocycles. The molecule has 3 aliphatic rings. The van der Waals surface area contributed by atoms with Gasteiger partial charge in [0.05, 0.1) is 19.2 Å². The van der Waals surface area contributed by atoms with Crippen LogP contribution in [-0.2, 0) is 24.2 Å². The summed E-state index contributed by atoms with van der Waals surface area (Å²) >= 11 is 0. The third kappa shape index (κ3) is 5.42. The van der Waals surface area contributed by atoms with Gasteiger partial charge in [-0.3, -0.25) is 9.69 Å². The van der Waals surface area contributed by atoms with Crippen molar-refractivity contribution in [1.29, 1.82) is 0 Å². The van der Waals surface area contributed by atoms with E-state index in [0.29, 0.717) is 36.4 Å². The van der Waals surface area contributed by atoms with E-state index in [2.05, 4.69) is 16.0 Å². The normalized spacial score (nSPS) is 20.2. The summed E-state index contributed by atoms with van der Waals surface area (Å²) in [6.45, 7) is 3.29. The molecule has 2 atom stereocenters. The van der Waals surface area contributed by atoms with Crippen LogP contribution in [0.4, 0.5) is 8.78 Å². The molecule has 1 aromatic heterocycles. The molecule has 2 unspecified atom stereocenters. The maximum Gasteiger partial charge on any atom is 0.306 e. The molecule has 216 valence electrons. The van der Waals surface area contributed by atoms with E-state index in [-0.39, 0.29) is 23.8 Å². The Labute approximate surface area is 239 Å². The molecule has 3 aromatic rings. The van der Waals surface area contributed by atoms with Gasteiger partial charge in [0.25, 0.3) is 0 Å². The quantitative estimate of drug-likeness (QED) is 0.323. The van der Waals surface area contributed by atoms with E-state index >= 15 is 8.78 Å². The molecule has 8 heteroatoms. The lowest BCUT2D eigenvalue weighted by Crippen LogP contribution is -2.40. The van der Waals surface area contributed by atoms with Crippen molar-refractivity contribution in [1.82, 2.24) is 9.88 Å². The number of carbonyl (C=O) groups is 1. The van der Waals surface area contributed by atoms with Crippen molar-refractivity contribution >= 4 is 5.97 Å². The standard InChI is InChI=1S/C33H36F2N2O4/c1-20(32(38)39)15-23-6-5-21-8-10-28(41-31(21)30(23)35)22-7-9-25(26-17-29(40-2)36-18-27(26)34)24(16-22)19-37-14-4-3-11-33(37)12-13-33/h5-7,9,16-18,20,28H,3-4,8,10-15,19H2,1-2H3,(H,38,39). The number of methoxy groups -OCH3 is 1. The van der Waals surface area contributed by atoms with Crippen molar-refractivity contribution in [3.05, 3.63) is 76.5 Å². The van der Waals surface area contributed by atoms with E-state index < -0.39 is 23.5 Å². The Balaban J connectivity index is 1.35. The van der Waals surface area contributed by atoms with Crippen molar-refractivity contribution in [2.75, 3.05) is 13.7 Å². The summed E-state index contributed by atoms with van der Waals surface area (Å²) in [4.78, 5) is 17.9. The van der Waals surface area contributed by atoms with Crippen LogP contribution >= 0.6 is 0 Å². The number of fused-ring (bicyclic) bond motifs is 1. The summed E-state index contributed by atoms with van der Waals surface area (Å²) in [5.41, 5.74) is 4.55. The van der Waals surface area contributed by atoms with Gasteiger partial charge in [-0.2, -0.15) is 0 Å². The number of aryl methyl sites for hydroxylation is 1. The molecule has 1 N–H and O–H groups in total. The van der Waals surface area contributed by atoms with E-state index in [4.69, 9.17) is 9.47 Å². The van der Waals surface area contributed by atoms with Crippen LogP contribution in [0.25, 0.3) is 11.1 Å². The van der Waals surface area contributed by atoms with Gasteiger partial charge in [-0.15, -0.1) is 0 Å². The molecule has 41 heavy (non-hydrogen) atoms. The highest BCUT2D eigenvalue weighted by Crippen LogP contribution is 2.49. The number of ether oxygens (including phenoxy) is 2. The minimum atomic E-state index is -0.960. The van der Waals surface area contributed by atoms with Gasteiger partial charge in [0.2, 0.25) is 5.88 Å². The van der Waals surface area contributed by atoms with Crippen LogP contribution in [0.15, 0.2) is 42.6 Å². The van der Waals surface area contributed by atoms with Crippen LogP contribution in [0.3, 0.4) is 0 Å². The lowest BCUT2D eigenvalue weighted by atomic mass is 9.90. The topological polar surface area (TPSA) is 71.9 Å². The van der Waals surface area contributed by atoms with E-state index in [0.717, 1.165) is 35.2 Å². The highest BCUT2D eigenvalue weighted by atomic mass is 19.1. The van der Waals surface area contributed by atoms with Gasteiger partial charge >= 0.3 is 5.97 Å². The molecule has 1 spiro atoms. The van der Waals surface area contributed by atoms with Crippen LogP contribution in [0.1, 0.15) is 73.8 Å². The lowest BCUT2D eigenvalue weighted by molar-refractivity contribution is -0.141. The predicted octanol–water partition coefficient (Wildman–Crippen LogP) is 6.88. The Morgan fingerprint density at radius 3 is 2.73 bits per heavy atom. The fourth-order valence-electron chi connectivity index (χ4n) is 6.52. The monoisotopic (exact) mass is 562 g/mol. The fourth-order valence-corrected chi connectivity index (χ4v) is 6.52. The van der Waals surface area contributed by atoms with Crippen LogP contribution in [0.5, 0.6) is 11.6 Å². The maximum atomic E-state index is 15.6. The first-order valence-electron chi connectivity index (χ1n) is 14.6. The lowest BCUT2D eigenvalue weighted by Gasteiger charge is -2.37. The SMILES string of the molecule is COc1cc(-c2ccc(C3CCc4ccc(CC(C)C(=O)O)c(F)c4O3)cc2CN2CCCCC23CC3)c(F)cn1. The molecule has 6 rings (SSSR count). The molecule has 2 aliphatic heterocycles. The number of hydrogen-bond donors (Lipinski definition) is 1. The highest BCUT2D eigenvalue weighted by molar-refractivity contribution is 5.70. The minimum absolute atomic E-state index is 0.0971. The zero-order chi connectivity index (χ0) is 28.7. The average molecular weight is 563 g/mol. The summed E-state index contributed by atoms with van der Waals surface area (Å²) < 4.78 is 42.3. The van der Waals surface area contributed by atoms with Gasteiger partial charge in [0.1, 0.15) is 11.9 Å². The molecule has 1 saturated carbocycles. The van der Waals surface area contributed by atoms with Crippen LogP contribution in [0, 0.1) is 17.6 Å². The molecular weight excluding hydrogens is 526 g/mol. The van der Waals surface area contributed by atoms with Crippen molar-refractivity contribution in [2.24, 2.45) is 5.92 Å². The van der Waals surface area contributed by atoms with E-state index in [1.165, 1.54) is 39.0 Å². The Bertz CT molecular complexity index is 1470. The number of likely N-dealkylation sites (tertiary alicyclic amines) is 1. The molecule has 2 aromatic carbocycles. The first-order chi connectivity index (χ1) is 19.8. The first-order valence-corrected chi connectivity index (χ1v) is 14.6. The number of aliphatic carboxylic acids is 1. The number of carboxylic acids is 1. The summed E-state index contributed by atoms with van der Waals surface area (Å²) in [7, 11) is 1.52.